The van der Waals surface area contributed by atoms with Gasteiger partial charge in [0, 0.05) is 19.0 Å². The van der Waals surface area contributed by atoms with E-state index in [0.29, 0.717) is 12.5 Å². The largest absolute Gasteiger partial charge is 0.393 e. The second-order valence-corrected chi connectivity index (χ2v) is 6.65. The van der Waals surface area contributed by atoms with Crippen LogP contribution in [0.3, 0.4) is 0 Å². The highest BCUT2D eigenvalue weighted by atomic mass is 16.3. The third-order valence-corrected chi connectivity index (χ3v) is 4.97. The van der Waals surface area contributed by atoms with Crippen LogP contribution in [-0.2, 0) is 4.79 Å². The van der Waals surface area contributed by atoms with Crippen LogP contribution in [0.1, 0.15) is 44.1 Å². The van der Waals surface area contributed by atoms with Gasteiger partial charge < -0.3 is 10.0 Å². The summed E-state index contributed by atoms with van der Waals surface area (Å²) < 4.78 is 0. The summed E-state index contributed by atoms with van der Waals surface area (Å²) in [5.41, 5.74) is 1.16. The summed E-state index contributed by atoms with van der Waals surface area (Å²) >= 11 is 0. The number of aliphatic hydroxyl groups is 1. The fourth-order valence-corrected chi connectivity index (χ4v) is 3.51. The molecule has 1 N–H and O–H groups in total. The Hall–Kier alpha value is -1.35. The predicted octanol–water partition coefficient (Wildman–Crippen LogP) is 2.80. The van der Waals surface area contributed by atoms with E-state index in [-0.39, 0.29) is 23.8 Å². The maximum Gasteiger partial charge on any atom is 0.230 e. The van der Waals surface area contributed by atoms with E-state index in [1.165, 1.54) is 12.8 Å². The molecule has 1 aliphatic carbocycles. The van der Waals surface area contributed by atoms with Gasteiger partial charge >= 0.3 is 0 Å². The highest BCUT2D eigenvalue weighted by Gasteiger charge is 2.40. The van der Waals surface area contributed by atoms with Crippen molar-refractivity contribution in [3.05, 3.63) is 35.9 Å². The minimum absolute atomic E-state index is 0.0268. The van der Waals surface area contributed by atoms with Crippen molar-refractivity contribution in [3.8, 4) is 0 Å². The molecule has 0 spiro atoms. The van der Waals surface area contributed by atoms with E-state index >= 15 is 0 Å². The average Bonchev–Trinajstić information content (AvgIpc) is 3.33. The first-order valence-electron chi connectivity index (χ1n) is 8.18. The van der Waals surface area contributed by atoms with E-state index in [0.717, 1.165) is 24.9 Å². The zero-order chi connectivity index (χ0) is 14.8. The number of carbonyl (C=O) groups excluding carboxylic acids is 1. The Labute approximate surface area is 127 Å². The van der Waals surface area contributed by atoms with Crippen LogP contribution in [0.2, 0.25) is 0 Å². The number of carbonyl (C=O) groups is 1. The molecule has 114 valence electrons. The molecule has 1 saturated heterocycles. The molecule has 3 heteroatoms. The van der Waals surface area contributed by atoms with Gasteiger partial charge in [0.05, 0.1) is 12.0 Å². The van der Waals surface area contributed by atoms with Gasteiger partial charge in [-0.1, -0.05) is 30.3 Å². The Morgan fingerprint density at radius 2 is 1.90 bits per heavy atom. The molecule has 1 aliphatic heterocycles. The van der Waals surface area contributed by atoms with Crippen molar-refractivity contribution in [1.82, 2.24) is 4.90 Å². The van der Waals surface area contributed by atoms with Crippen LogP contribution < -0.4 is 0 Å². The van der Waals surface area contributed by atoms with E-state index in [4.69, 9.17) is 0 Å². The standard InChI is InChI=1S/C18H25NO2/c1-13(20)16-8-5-11-19(12-16)18(21)17(15-9-10-15)14-6-3-2-4-7-14/h2-4,6-7,13,15-17,20H,5,8-12H2,1H3. The van der Waals surface area contributed by atoms with E-state index in [2.05, 4.69) is 12.1 Å². The summed E-state index contributed by atoms with van der Waals surface area (Å²) in [7, 11) is 0. The smallest absolute Gasteiger partial charge is 0.230 e. The van der Waals surface area contributed by atoms with Gasteiger partial charge in [-0.25, -0.2) is 0 Å². The molecule has 1 amide bonds. The van der Waals surface area contributed by atoms with Crippen molar-refractivity contribution in [3.63, 3.8) is 0 Å². The lowest BCUT2D eigenvalue weighted by Gasteiger charge is -2.36. The van der Waals surface area contributed by atoms with Crippen molar-refractivity contribution in [2.45, 2.75) is 44.6 Å². The quantitative estimate of drug-likeness (QED) is 0.925. The molecule has 3 nitrogen and oxygen atoms in total. The molecule has 0 aromatic heterocycles. The Morgan fingerprint density at radius 1 is 1.19 bits per heavy atom. The van der Waals surface area contributed by atoms with Crippen molar-refractivity contribution >= 4 is 5.91 Å². The number of hydrogen-bond donors (Lipinski definition) is 1. The molecule has 3 unspecified atom stereocenters. The number of hydrogen-bond acceptors (Lipinski definition) is 2. The maximum absolute atomic E-state index is 13.0. The second kappa shape index (κ2) is 6.18. The van der Waals surface area contributed by atoms with Crippen molar-refractivity contribution in [1.29, 1.82) is 0 Å². The minimum atomic E-state index is -0.322. The molecule has 3 rings (SSSR count). The molecule has 0 bridgehead atoms. The lowest BCUT2D eigenvalue weighted by Crippen LogP contribution is -2.45. The van der Waals surface area contributed by atoms with E-state index in [9.17, 15) is 9.90 Å². The normalized spacial score (nSPS) is 25.4. The number of piperidine rings is 1. The van der Waals surface area contributed by atoms with Crippen LogP contribution >= 0.6 is 0 Å². The van der Waals surface area contributed by atoms with Crippen LogP contribution in [0.4, 0.5) is 0 Å². The number of aliphatic hydroxyl groups excluding tert-OH is 1. The monoisotopic (exact) mass is 287 g/mol. The Balaban J connectivity index is 1.75. The van der Waals surface area contributed by atoms with Crippen LogP contribution in [0.15, 0.2) is 30.3 Å². The Morgan fingerprint density at radius 3 is 2.52 bits per heavy atom. The van der Waals surface area contributed by atoms with Gasteiger partial charge in [0.1, 0.15) is 0 Å². The van der Waals surface area contributed by atoms with Gasteiger partial charge in [0.25, 0.3) is 0 Å². The van der Waals surface area contributed by atoms with E-state index in [1.807, 2.05) is 30.0 Å². The first-order valence-corrected chi connectivity index (χ1v) is 8.18. The van der Waals surface area contributed by atoms with Gasteiger partial charge in [-0.15, -0.1) is 0 Å². The molecule has 1 saturated carbocycles. The van der Waals surface area contributed by atoms with Gasteiger partial charge in [-0.2, -0.15) is 0 Å². The van der Waals surface area contributed by atoms with Gasteiger partial charge in [0.2, 0.25) is 5.91 Å². The number of benzene rings is 1. The predicted molar refractivity (Wildman–Crippen MR) is 82.9 cm³/mol. The van der Waals surface area contributed by atoms with Crippen molar-refractivity contribution < 1.29 is 9.90 Å². The van der Waals surface area contributed by atoms with Crippen molar-refractivity contribution in [2.24, 2.45) is 11.8 Å². The molecular formula is C18H25NO2. The first kappa shape index (κ1) is 14.6. The third-order valence-electron chi connectivity index (χ3n) is 4.97. The average molecular weight is 287 g/mol. The summed E-state index contributed by atoms with van der Waals surface area (Å²) in [6, 6.07) is 10.2. The lowest BCUT2D eigenvalue weighted by atomic mass is 9.89. The lowest BCUT2D eigenvalue weighted by molar-refractivity contribution is -0.136. The van der Waals surface area contributed by atoms with Crippen LogP contribution in [0.5, 0.6) is 0 Å². The SMILES string of the molecule is CC(O)C1CCCN(C(=O)C(c2ccccc2)C2CC2)C1. The fourth-order valence-electron chi connectivity index (χ4n) is 3.51. The van der Waals surface area contributed by atoms with Gasteiger partial charge in [-0.3, -0.25) is 4.79 Å². The summed E-state index contributed by atoms with van der Waals surface area (Å²) in [6.45, 7) is 3.40. The number of nitrogens with zero attached hydrogens (tertiary/aromatic N) is 1. The van der Waals surface area contributed by atoms with Gasteiger partial charge in [-0.05, 0) is 44.1 Å². The zero-order valence-corrected chi connectivity index (χ0v) is 12.7. The Kier molecular flexibility index (Phi) is 4.29. The number of amides is 1. The molecule has 0 radical (unpaired) electrons. The summed E-state index contributed by atoms with van der Waals surface area (Å²) in [6.07, 6.45) is 4.04. The maximum atomic E-state index is 13.0. The molecule has 1 aromatic rings. The second-order valence-electron chi connectivity index (χ2n) is 6.65. The number of rotatable bonds is 4. The third kappa shape index (κ3) is 3.29. The molecule has 3 atom stereocenters. The molecule has 1 heterocycles. The van der Waals surface area contributed by atoms with Crippen LogP contribution in [0, 0.1) is 11.8 Å². The molecule has 21 heavy (non-hydrogen) atoms. The minimum Gasteiger partial charge on any atom is -0.393 e. The van der Waals surface area contributed by atoms with Crippen LogP contribution in [0.25, 0.3) is 0 Å². The van der Waals surface area contributed by atoms with Crippen LogP contribution in [-0.4, -0.2) is 35.1 Å². The molecule has 2 aliphatic rings. The zero-order valence-electron chi connectivity index (χ0n) is 12.7. The van der Waals surface area contributed by atoms with E-state index < -0.39 is 0 Å². The number of likely N-dealkylation sites (tertiary alicyclic amines) is 1. The topological polar surface area (TPSA) is 40.5 Å². The first-order chi connectivity index (χ1) is 10.2. The molecule has 1 aromatic carbocycles. The Bertz CT molecular complexity index is 481. The molecule has 2 fully saturated rings. The summed E-state index contributed by atoms with van der Waals surface area (Å²) in [4.78, 5) is 15.0. The summed E-state index contributed by atoms with van der Waals surface area (Å²) in [5.74, 6) is 1.05. The van der Waals surface area contributed by atoms with Crippen molar-refractivity contribution in [2.75, 3.05) is 13.1 Å². The summed E-state index contributed by atoms with van der Waals surface area (Å²) in [5, 5.41) is 9.82. The van der Waals surface area contributed by atoms with Gasteiger partial charge in [0.15, 0.2) is 0 Å². The molecular weight excluding hydrogens is 262 g/mol. The fraction of sp³-hybridized carbons (Fsp3) is 0.611. The highest BCUT2D eigenvalue weighted by Crippen LogP contribution is 2.44. The highest BCUT2D eigenvalue weighted by molar-refractivity contribution is 5.84. The van der Waals surface area contributed by atoms with E-state index in [1.54, 1.807) is 0 Å².